The van der Waals surface area contributed by atoms with Gasteiger partial charge in [-0.1, -0.05) is 12.2 Å². The van der Waals surface area contributed by atoms with E-state index in [1.807, 2.05) is 18.1 Å². The molecule has 1 aliphatic rings. The van der Waals surface area contributed by atoms with E-state index < -0.39 is 0 Å². The van der Waals surface area contributed by atoms with Crippen molar-refractivity contribution in [3.05, 3.63) is 24.6 Å². The highest BCUT2D eigenvalue weighted by Crippen LogP contribution is 2.34. The predicted molar refractivity (Wildman–Crippen MR) is 74.7 cm³/mol. The molecule has 18 heavy (non-hydrogen) atoms. The van der Waals surface area contributed by atoms with Crippen LogP contribution in [0, 0.1) is 5.92 Å². The molecular formula is C14H25N3O. The summed E-state index contributed by atoms with van der Waals surface area (Å²) < 4.78 is 0. The zero-order valence-electron chi connectivity index (χ0n) is 11.3. The van der Waals surface area contributed by atoms with E-state index >= 15 is 0 Å². The van der Waals surface area contributed by atoms with Crippen LogP contribution in [-0.2, 0) is 4.79 Å². The summed E-state index contributed by atoms with van der Waals surface area (Å²) in [5, 5.41) is 2.95. The first-order valence-electron chi connectivity index (χ1n) is 6.63. The van der Waals surface area contributed by atoms with Crippen LogP contribution in [-0.4, -0.2) is 30.9 Å². The van der Waals surface area contributed by atoms with Crippen LogP contribution in [0.25, 0.3) is 0 Å². The molecule has 0 aromatic rings. The van der Waals surface area contributed by atoms with Gasteiger partial charge in [-0.3, -0.25) is 4.79 Å². The first-order chi connectivity index (χ1) is 8.61. The molecule has 0 unspecified atom stereocenters. The van der Waals surface area contributed by atoms with Crippen molar-refractivity contribution >= 4 is 5.91 Å². The molecule has 1 aliphatic carbocycles. The number of carbonyl (C=O) groups is 1. The minimum absolute atomic E-state index is 0.171. The van der Waals surface area contributed by atoms with Crippen molar-refractivity contribution in [2.75, 3.05) is 20.1 Å². The summed E-state index contributed by atoms with van der Waals surface area (Å²) in [6, 6.07) is 0. The van der Waals surface area contributed by atoms with E-state index in [-0.39, 0.29) is 5.91 Å². The number of carbonyl (C=O) groups excluding carboxylic acids is 1. The molecule has 0 atom stereocenters. The Morgan fingerprint density at radius 1 is 1.61 bits per heavy atom. The monoisotopic (exact) mass is 251 g/mol. The summed E-state index contributed by atoms with van der Waals surface area (Å²) in [5.74, 6) is 0.869. The Morgan fingerprint density at radius 2 is 2.33 bits per heavy atom. The predicted octanol–water partition coefficient (Wildman–Crippen LogP) is 1.60. The van der Waals surface area contributed by atoms with Crippen LogP contribution in [0.5, 0.6) is 0 Å². The minimum Gasteiger partial charge on any atom is -0.403 e. The van der Waals surface area contributed by atoms with Gasteiger partial charge < -0.3 is 16.0 Å². The molecule has 3 N–H and O–H groups in total. The van der Waals surface area contributed by atoms with E-state index in [2.05, 4.69) is 11.9 Å². The third-order valence-corrected chi connectivity index (χ3v) is 3.28. The molecule has 0 saturated heterocycles. The van der Waals surface area contributed by atoms with Crippen molar-refractivity contribution in [1.29, 1.82) is 0 Å². The van der Waals surface area contributed by atoms with Gasteiger partial charge in [0, 0.05) is 39.0 Å². The second-order valence-corrected chi connectivity index (χ2v) is 5.09. The van der Waals surface area contributed by atoms with Crippen molar-refractivity contribution in [3.8, 4) is 0 Å². The Labute approximate surface area is 110 Å². The Bertz CT molecular complexity index is 304. The third kappa shape index (κ3) is 5.75. The highest BCUT2D eigenvalue weighted by molar-refractivity contribution is 5.75. The molecule has 1 fully saturated rings. The van der Waals surface area contributed by atoms with Gasteiger partial charge in [0.25, 0.3) is 0 Å². The van der Waals surface area contributed by atoms with Crippen LogP contribution in [0.15, 0.2) is 24.6 Å². The number of allylic oxidation sites excluding steroid dienone is 1. The summed E-state index contributed by atoms with van der Waals surface area (Å²) in [7, 11) is 1.97. The lowest BCUT2D eigenvalue weighted by Crippen LogP contribution is -2.27. The number of nitrogens with zero attached hydrogens (tertiary/aromatic N) is 1. The van der Waals surface area contributed by atoms with Gasteiger partial charge in [-0.15, -0.1) is 0 Å². The zero-order valence-corrected chi connectivity index (χ0v) is 11.3. The Hall–Kier alpha value is -1.45. The van der Waals surface area contributed by atoms with Crippen LogP contribution in [0.4, 0.5) is 0 Å². The topological polar surface area (TPSA) is 58.4 Å². The number of nitrogens with two attached hydrogens (primary N) is 1. The first-order valence-corrected chi connectivity index (χ1v) is 6.63. The molecule has 1 saturated carbocycles. The molecule has 0 aromatic carbocycles. The van der Waals surface area contributed by atoms with Gasteiger partial charge in [-0.2, -0.15) is 0 Å². The number of amides is 1. The fourth-order valence-corrected chi connectivity index (χ4v) is 2.16. The normalized spacial score (nSPS) is 15.7. The van der Waals surface area contributed by atoms with Crippen LogP contribution >= 0.6 is 0 Å². The SMILES string of the molecule is C=C1CC(CCC(=O)NCCCN(C)/C=C\N)C1. The van der Waals surface area contributed by atoms with E-state index in [4.69, 9.17) is 5.73 Å². The smallest absolute Gasteiger partial charge is 0.220 e. The number of hydrogen-bond donors (Lipinski definition) is 2. The van der Waals surface area contributed by atoms with Crippen molar-refractivity contribution in [3.63, 3.8) is 0 Å². The molecule has 102 valence electrons. The summed E-state index contributed by atoms with van der Waals surface area (Å²) in [5.41, 5.74) is 6.61. The van der Waals surface area contributed by atoms with Gasteiger partial charge in [0.15, 0.2) is 0 Å². The molecular weight excluding hydrogens is 226 g/mol. The van der Waals surface area contributed by atoms with Gasteiger partial charge >= 0.3 is 0 Å². The average molecular weight is 251 g/mol. The van der Waals surface area contributed by atoms with Crippen molar-refractivity contribution < 1.29 is 4.79 Å². The van der Waals surface area contributed by atoms with E-state index in [1.54, 1.807) is 0 Å². The summed E-state index contributed by atoms with van der Waals surface area (Å²) >= 11 is 0. The largest absolute Gasteiger partial charge is 0.403 e. The third-order valence-electron chi connectivity index (χ3n) is 3.28. The number of rotatable bonds is 8. The fraction of sp³-hybridized carbons (Fsp3) is 0.643. The lowest BCUT2D eigenvalue weighted by atomic mass is 9.78. The van der Waals surface area contributed by atoms with E-state index in [1.165, 1.54) is 11.8 Å². The number of hydrogen-bond acceptors (Lipinski definition) is 3. The zero-order chi connectivity index (χ0) is 13.4. The van der Waals surface area contributed by atoms with E-state index in [0.717, 1.165) is 38.8 Å². The lowest BCUT2D eigenvalue weighted by Gasteiger charge is -2.27. The fourth-order valence-electron chi connectivity index (χ4n) is 2.16. The van der Waals surface area contributed by atoms with Crippen LogP contribution in [0.2, 0.25) is 0 Å². The maximum Gasteiger partial charge on any atom is 0.220 e. The molecule has 0 aromatic heterocycles. The molecule has 4 heteroatoms. The molecule has 1 amide bonds. The lowest BCUT2D eigenvalue weighted by molar-refractivity contribution is -0.121. The van der Waals surface area contributed by atoms with Gasteiger partial charge in [-0.05, 0) is 31.6 Å². The minimum atomic E-state index is 0.171. The van der Waals surface area contributed by atoms with Gasteiger partial charge in [0.1, 0.15) is 0 Å². The standard InChI is InChI=1S/C14H25N3O/c1-12-10-13(11-12)4-5-14(18)16-7-3-8-17(2)9-6-15/h6,9,13H,1,3-5,7-8,10-11,15H2,2H3,(H,16,18)/b9-6-. The van der Waals surface area contributed by atoms with Crippen molar-refractivity contribution in [2.45, 2.75) is 32.1 Å². The Balaban J connectivity index is 1.95. The summed E-state index contributed by atoms with van der Waals surface area (Å²) in [4.78, 5) is 13.6. The van der Waals surface area contributed by atoms with E-state index in [9.17, 15) is 4.79 Å². The van der Waals surface area contributed by atoms with Crippen LogP contribution in [0.3, 0.4) is 0 Å². The Kier molecular flexibility index (Phi) is 6.33. The van der Waals surface area contributed by atoms with Gasteiger partial charge in [0.2, 0.25) is 5.91 Å². The average Bonchev–Trinajstić information content (AvgIpc) is 2.29. The maximum atomic E-state index is 11.6. The van der Waals surface area contributed by atoms with Gasteiger partial charge in [-0.25, -0.2) is 0 Å². The molecule has 0 spiro atoms. The molecule has 0 aliphatic heterocycles. The molecule has 1 rings (SSSR count). The molecule has 0 radical (unpaired) electrons. The number of nitrogens with one attached hydrogen (secondary N) is 1. The van der Waals surface area contributed by atoms with E-state index in [0.29, 0.717) is 12.3 Å². The summed E-state index contributed by atoms with van der Waals surface area (Å²) in [6.45, 7) is 5.54. The molecule has 4 nitrogen and oxygen atoms in total. The Morgan fingerprint density at radius 3 is 2.94 bits per heavy atom. The second kappa shape index (κ2) is 7.80. The van der Waals surface area contributed by atoms with Crippen molar-refractivity contribution in [2.24, 2.45) is 11.7 Å². The highest BCUT2D eigenvalue weighted by Gasteiger charge is 2.21. The molecule has 0 bridgehead atoms. The maximum absolute atomic E-state index is 11.6. The molecule has 0 heterocycles. The van der Waals surface area contributed by atoms with Crippen molar-refractivity contribution in [1.82, 2.24) is 10.2 Å². The van der Waals surface area contributed by atoms with Crippen LogP contribution in [0.1, 0.15) is 32.1 Å². The highest BCUT2D eigenvalue weighted by atomic mass is 16.1. The summed E-state index contributed by atoms with van der Waals surface area (Å²) in [6.07, 6.45) is 8.16. The first kappa shape index (κ1) is 14.6. The second-order valence-electron chi connectivity index (χ2n) is 5.09. The quantitative estimate of drug-likeness (QED) is 0.509. The van der Waals surface area contributed by atoms with Crippen LogP contribution < -0.4 is 11.1 Å². The van der Waals surface area contributed by atoms with Gasteiger partial charge in [0.05, 0.1) is 0 Å².